The standard InChI is InChI=1S/C24H29F3N6OS/c1-15-12-29-22(35-15)19-11-23(19,24(25,26)27)9-8-20(34)28-13-18(33(2)3)10-16-4-6-17(7-5-16)21-30-14-31-32-21/h4-7,12,14,18-19H,8-11,13H2,1-3H3,(H,28,34)(H,30,31,32)/t18-,19+,23-/m0/s1. The van der Waals surface area contributed by atoms with Crippen LogP contribution >= 0.6 is 11.3 Å². The van der Waals surface area contributed by atoms with Crippen molar-refractivity contribution in [3.8, 4) is 11.4 Å². The first-order valence-electron chi connectivity index (χ1n) is 11.5. The number of amides is 1. The van der Waals surface area contributed by atoms with Crippen molar-refractivity contribution >= 4 is 17.2 Å². The van der Waals surface area contributed by atoms with Crippen LogP contribution < -0.4 is 5.32 Å². The molecule has 0 saturated heterocycles. The van der Waals surface area contributed by atoms with Crippen LogP contribution in [0.5, 0.6) is 0 Å². The molecule has 1 aromatic carbocycles. The van der Waals surface area contributed by atoms with Gasteiger partial charge in [0.05, 0.1) is 10.4 Å². The van der Waals surface area contributed by atoms with Crippen LogP contribution in [0, 0.1) is 12.3 Å². The lowest BCUT2D eigenvalue weighted by Gasteiger charge is -2.25. The number of H-pyrrole nitrogens is 1. The number of nitrogens with zero attached hydrogens (tertiary/aromatic N) is 4. The summed E-state index contributed by atoms with van der Waals surface area (Å²) in [5.74, 6) is -0.321. The Morgan fingerprint density at radius 1 is 1.29 bits per heavy atom. The summed E-state index contributed by atoms with van der Waals surface area (Å²) >= 11 is 1.30. The third-order valence-electron chi connectivity index (χ3n) is 6.75. The average molecular weight is 507 g/mol. The zero-order valence-electron chi connectivity index (χ0n) is 19.9. The van der Waals surface area contributed by atoms with Gasteiger partial charge in [0.1, 0.15) is 6.33 Å². The fourth-order valence-corrected chi connectivity index (χ4v) is 5.39. The van der Waals surface area contributed by atoms with Gasteiger partial charge in [-0.2, -0.15) is 18.3 Å². The Kier molecular flexibility index (Phi) is 7.27. The van der Waals surface area contributed by atoms with E-state index in [1.165, 1.54) is 17.7 Å². The molecular weight excluding hydrogens is 477 g/mol. The maximum Gasteiger partial charge on any atom is 0.395 e. The summed E-state index contributed by atoms with van der Waals surface area (Å²) in [5, 5.41) is 10.0. The van der Waals surface area contributed by atoms with Gasteiger partial charge in [-0.25, -0.2) is 9.97 Å². The van der Waals surface area contributed by atoms with E-state index < -0.39 is 17.5 Å². The third-order valence-corrected chi connectivity index (χ3v) is 7.78. The minimum atomic E-state index is -4.36. The first kappa shape index (κ1) is 25.3. The highest BCUT2D eigenvalue weighted by Gasteiger charge is 2.71. The first-order chi connectivity index (χ1) is 16.6. The fourth-order valence-electron chi connectivity index (χ4n) is 4.40. The molecule has 1 aliphatic carbocycles. The summed E-state index contributed by atoms with van der Waals surface area (Å²) < 4.78 is 41.7. The van der Waals surface area contributed by atoms with Gasteiger partial charge in [0.15, 0.2) is 5.82 Å². The minimum Gasteiger partial charge on any atom is -0.355 e. The molecule has 0 unspecified atom stereocenters. The number of hydrogen-bond donors (Lipinski definition) is 2. The van der Waals surface area contributed by atoms with Crippen LogP contribution in [-0.2, 0) is 11.2 Å². The summed E-state index contributed by atoms with van der Waals surface area (Å²) in [6.45, 7) is 2.18. The molecule has 1 amide bonds. The van der Waals surface area contributed by atoms with Crippen molar-refractivity contribution in [2.24, 2.45) is 5.41 Å². The normalized spacial score (nSPS) is 20.7. The van der Waals surface area contributed by atoms with Crippen LogP contribution in [0.1, 0.15) is 40.6 Å². The molecule has 1 saturated carbocycles. The first-order valence-corrected chi connectivity index (χ1v) is 12.3. The second kappa shape index (κ2) is 10.1. The highest BCUT2D eigenvalue weighted by molar-refractivity contribution is 7.11. The lowest BCUT2D eigenvalue weighted by molar-refractivity contribution is -0.191. The highest BCUT2D eigenvalue weighted by atomic mass is 32.1. The van der Waals surface area contributed by atoms with Crippen molar-refractivity contribution in [1.82, 2.24) is 30.4 Å². The summed E-state index contributed by atoms with van der Waals surface area (Å²) in [4.78, 5) is 23.7. The Bertz CT molecular complexity index is 1130. The largest absolute Gasteiger partial charge is 0.395 e. The lowest BCUT2D eigenvalue weighted by atomic mass is 9.96. The van der Waals surface area contributed by atoms with Gasteiger partial charge < -0.3 is 10.2 Å². The molecule has 188 valence electrons. The van der Waals surface area contributed by atoms with Crippen LogP contribution in [0.25, 0.3) is 11.4 Å². The van der Waals surface area contributed by atoms with Crippen LogP contribution in [0.2, 0.25) is 0 Å². The number of likely N-dealkylation sites (N-methyl/N-ethyl adjacent to an activating group) is 1. The van der Waals surface area contributed by atoms with Crippen LogP contribution in [-0.4, -0.2) is 63.8 Å². The van der Waals surface area contributed by atoms with Gasteiger partial charge in [0.2, 0.25) is 5.91 Å². The van der Waals surface area contributed by atoms with Gasteiger partial charge in [-0.3, -0.25) is 9.89 Å². The van der Waals surface area contributed by atoms with Gasteiger partial charge in [0, 0.05) is 41.6 Å². The number of carbonyl (C=O) groups is 1. The second-order valence-electron chi connectivity index (χ2n) is 9.38. The maximum atomic E-state index is 13.9. The van der Waals surface area contributed by atoms with Crippen molar-refractivity contribution in [2.75, 3.05) is 20.6 Å². The number of thiazole rings is 1. The number of hydrogen-bond acceptors (Lipinski definition) is 6. The summed E-state index contributed by atoms with van der Waals surface area (Å²) in [6.07, 6.45) is -0.998. The zero-order valence-corrected chi connectivity index (χ0v) is 20.7. The summed E-state index contributed by atoms with van der Waals surface area (Å²) in [6, 6.07) is 7.90. The molecule has 11 heteroatoms. The number of aromatic amines is 1. The van der Waals surface area contributed by atoms with Gasteiger partial charge in [-0.05, 0) is 45.8 Å². The lowest BCUT2D eigenvalue weighted by Crippen LogP contribution is -2.42. The molecule has 2 N–H and O–H groups in total. The molecular formula is C24H29F3N6OS. The van der Waals surface area contributed by atoms with E-state index in [2.05, 4.69) is 25.5 Å². The molecule has 1 aliphatic rings. The number of rotatable bonds is 10. The average Bonchev–Trinajstić information content (AvgIpc) is 3.11. The molecule has 2 aromatic heterocycles. The van der Waals surface area contributed by atoms with E-state index in [0.29, 0.717) is 23.8 Å². The van der Waals surface area contributed by atoms with Gasteiger partial charge in [-0.1, -0.05) is 24.3 Å². The Labute approximate surface area is 206 Å². The van der Waals surface area contributed by atoms with E-state index in [0.717, 1.165) is 16.0 Å². The summed E-state index contributed by atoms with van der Waals surface area (Å²) in [5.41, 5.74) is 0.156. The highest BCUT2D eigenvalue weighted by Crippen LogP contribution is 2.70. The summed E-state index contributed by atoms with van der Waals surface area (Å²) in [7, 11) is 3.84. The number of benzene rings is 1. The smallest absolute Gasteiger partial charge is 0.355 e. The third kappa shape index (κ3) is 5.72. The molecule has 7 nitrogen and oxygen atoms in total. The van der Waals surface area contributed by atoms with Gasteiger partial charge in [0.25, 0.3) is 0 Å². The molecule has 2 heterocycles. The van der Waals surface area contributed by atoms with E-state index >= 15 is 0 Å². The fraction of sp³-hybridized carbons (Fsp3) is 0.500. The van der Waals surface area contributed by atoms with Crippen molar-refractivity contribution in [3.05, 3.63) is 52.2 Å². The molecule has 4 rings (SSSR count). The zero-order chi connectivity index (χ0) is 25.2. The molecule has 0 bridgehead atoms. The van der Waals surface area contributed by atoms with Gasteiger partial charge >= 0.3 is 6.18 Å². The minimum absolute atomic E-state index is 0.00111. The predicted octanol–water partition coefficient (Wildman–Crippen LogP) is 4.34. The Balaban J connectivity index is 1.30. The van der Waals surface area contributed by atoms with E-state index in [9.17, 15) is 18.0 Å². The number of aryl methyl sites for hydroxylation is 1. The predicted molar refractivity (Wildman–Crippen MR) is 128 cm³/mol. The molecule has 35 heavy (non-hydrogen) atoms. The van der Waals surface area contributed by atoms with Crippen LogP contribution in [0.4, 0.5) is 13.2 Å². The van der Waals surface area contributed by atoms with Crippen molar-refractivity contribution in [1.29, 1.82) is 0 Å². The molecule has 3 aromatic rings. The quantitative estimate of drug-likeness (QED) is 0.427. The van der Waals surface area contributed by atoms with Crippen molar-refractivity contribution in [3.63, 3.8) is 0 Å². The van der Waals surface area contributed by atoms with Crippen molar-refractivity contribution in [2.45, 2.75) is 50.7 Å². The second-order valence-corrected chi connectivity index (χ2v) is 10.6. The van der Waals surface area contributed by atoms with Crippen LogP contribution in [0.15, 0.2) is 36.8 Å². The van der Waals surface area contributed by atoms with E-state index in [-0.39, 0.29) is 31.2 Å². The van der Waals surface area contributed by atoms with E-state index in [1.54, 1.807) is 6.20 Å². The number of carbonyl (C=O) groups excluding carboxylic acids is 1. The van der Waals surface area contributed by atoms with E-state index in [1.807, 2.05) is 50.2 Å². The molecule has 3 atom stereocenters. The molecule has 0 aliphatic heterocycles. The SMILES string of the molecule is Cc1cnc([C@H]2C[C@]2(CCC(=O)NC[C@H](Cc2ccc(-c3ncn[nH]3)cc2)N(C)C)C(F)(F)F)s1. The topological polar surface area (TPSA) is 86.8 Å². The molecule has 0 spiro atoms. The Morgan fingerprint density at radius 2 is 2.03 bits per heavy atom. The monoisotopic (exact) mass is 506 g/mol. The van der Waals surface area contributed by atoms with Gasteiger partial charge in [-0.15, -0.1) is 11.3 Å². The molecule has 1 fully saturated rings. The van der Waals surface area contributed by atoms with Crippen LogP contribution in [0.3, 0.4) is 0 Å². The van der Waals surface area contributed by atoms with E-state index in [4.69, 9.17) is 0 Å². The maximum absolute atomic E-state index is 13.9. The Hall–Kier alpha value is -2.79. The number of nitrogens with one attached hydrogen (secondary N) is 2. The number of aromatic nitrogens is 4. The Morgan fingerprint density at radius 3 is 2.60 bits per heavy atom. The molecule has 0 radical (unpaired) electrons. The number of alkyl halides is 3. The number of halogens is 3. The van der Waals surface area contributed by atoms with Crippen molar-refractivity contribution < 1.29 is 18.0 Å².